The van der Waals surface area contributed by atoms with Crippen molar-refractivity contribution < 1.29 is 14.3 Å². The minimum Gasteiger partial charge on any atom is -0.479 e. The van der Waals surface area contributed by atoms with E-state index in [2.05, 4.69) is 5.32 Å². The third-order valence-electron chi connectivity index (χ3n) is 3.45. The first-order valence-electron chi connectivity index (χ1n) is 6.37. The summed E-state index contributed by atoms with van der Waals surface area (Å²) >= 11 is 5.76. The summed E-state index contributed by atoms with van der Waals surface area (Å²) in [6, 6.07) is 11.3. The monoisotopic (exact) mass is 307 g/mol. The molecule has 0 spiro atoms. The van der Waals surface area contributed by atoms with Gasteiger partial charge in [-0.1, -0.05) is 35.9 Å². The first-order valence-corrected chi connectivity index (χ1v) is 6.75. The standard InChI is InChI=1S/C16H15ClFNO2/c1-10-5-3-4-6-14(10)19-16(2,15(20)21)11-7-8-13(18)12(17)9-11/h3-9,19H,1-2H3,(H,20,21). The van der Waals surface area contributed by atoms with Gasteiger partial charge in [0.05, 0.1) is 5.02 Å². The highest BCUT2D eigenvalue weighted by molar-refractivity contribution is 6.30. The van der Waals surface area contributed by atoms with Crippen molar-refractivity contribution in [3.63, 3.8) is 0 Å². The molecule has 0 heterocycles. The van der Waals surface area contributed by atoms with Gasteiger partial charge in [0.2, 0.25) is 0 Å². The van der Waals surface area contributed by atoms with Gasteiger partial charge in [-0.3, -0.25) is 0 Å². The van der Waals surface area contributed by atoms with Crippen LogP contribution in [0.4, 0.5) is 10.1 Å². The molecule has 0 aliphatic rings. The largest absolute Gasteiger partial charge is 0.479 e. The average molecular weight is 308 g/mol. The van der Waals surface area contributed by atoms with Crippen LogP contribution in [-0.4, -0.2) is 11.1 Å². The molecule has 1 atom stereocenters. The maximum Gasteiger partial charge on any atom is 0.333 e. The minimum absolute atomic E-state index is 0.105. The molecule has 0 saturated heterocycles. The molecule has 3 nitrogen and oxygen atoms in total. The van der Waals surface area contributed by atoms with E-state index in [4.69, 9.17) is 11.6 Å². The Kier molecular flexibility index (Phi) is 4.19. The summed E-state index contributed by atoms with van der Waals surface area (Å²) in [5.74, 6) is -1.66. The number of carbonyl (C=O) groups is 1. The molecular weight excluding hydrogens is 293 g/mol. The second kappa shape index (κ2) is 5.74. The van der Waals surface area contributed by atoms with Gasteiger partial charge in [0, 0.05) is 5.69 Å². The Balaban J connectivity index is 2.48. The van der Waals surface area contributed by atoms with Gasteiger partial charge in [0.1, 0.15) is 5.82 Å². The zero-order valence-corrected chi connectivity index (χ0v) is 12.4. The zero-order valence-electron chi connectivity index (χ0n) is 11.7. The summed E-state index contributed by atoms with van der Waals surface area (Å²) in [6.07, 6.45) is 0. The molecule has 0 aromatic heterocycles. The Morgan fingerprint density at radius 1 is 1.29 bits per heavy atom. The second-order valence-corrected chi connectivity index (χ2v) is 5.41. The number of hydrogen-bond acceptors (Lipinski definition) is 2. The lowest BCUT2D eigenvalue weighted by atomic mass is 9.91. The van der Waals surface area contributed by atoms with Crippen LogP contribution < -0.4 is 5.32 Å². The van der Waals surface area contributed by atoms with Crippen LogP contribution in [-0.2, 0) is 10.3 Å². The molecule has 2 aromatic carbocycles. The summed E-state index contributed by atoms with van der Waals surface area (Å²) < 4.78 is 13.3. The molecule has 0 saturated carbocycles. The van der Waals surface area contributed by atoms with E-state index >= 15 is 0 Å². The van der Waals surface area contributed by atoms with Gasteiger partial charge < -0.3 is 10.4 Å². The number of para-hydroxylation sites is 1. The van der Waals surface area contributed by atoms with Gasteiger partial charge in [-0.15, -0.1) is 0 Å². The fraction of sp³-hybridized carbons (Fsp3) is 0.188. The SMILES string of the molecule is Cc1ccccc1NC(C)(C(=O)O)c1ccc(F)c(Cl)c1. The lowest BCUT2D eigenvalue weighted by Gasteiger charge is -2.29. The zero-order chi connectivity index (χ0) is 15.6. The normalized spacial score (nSPS) is 13.5. The molecule has 110 valence electrons. The number of hydrogen-bond donors (Lipinski definition) is 2. The third-order valence-corrected chi connectivity index (χ3v) is 3.74. The first-order chi connectivity index (χ1) is 9.84. The molecule has 0 bridgehead atoms. The maximum atomic E-state index is 13.3. The number of aliphatic carboxylic acids is 1. The molecule has 21 heavy (non-hydrogen) atoms. The van der Waals surface area contributed by atoms with E-state index in [-0.39, 0.29) is 5.02 Å². The number of anilines is 1. The van der Waals surface area contributed by atoms with Gasteiger partial charge in [-0.2, -0.15) is 0 Å². The highest BCUT2D eigenvalue weighted by atomic mass is 35.5. The molecule has 2 aromatic rings. The van der Waals surface area contributed by atoms with Crippen LogP contribution in [0.2, 0.25) is 5.02 Å². The van der Waals surface area contributed by atoms with Crippen molar-refractivity contribution in [1.29, 1.82) is 0 Å². The van der Waals surface area contributed by atoms with Gasteiger partial charge in [-0.05, 0) is 43.2 Å². The second-order valence-electron chi connectivity index (χ2n) is 5.00. The molecule has 0 aliphatic heterocycles. The summed E-state index contributed by atoms with van der Waals surface area (Å²) in [4.78, 5) is 11.7. The van der Waals surface area contributed by atoms with E-state index in [1.54, 1.807) is 6.07 Å². The van der Waals surface area contributed by atoms with Crippen LogP contribution in [0.3, 0.4) is 0 Å². The molecule has 0 aliphatic carbocycles. The van der Waals surface area contributed by atoms with Crippen LogP contribution in [0.5, 0.6) is 0 Å². The van der Waals surface area contributed by atoms with Crippen molar-refractivity contribution in [2.45, 2.75) is 19.4 Å². The molecule has 0 amide bonds. The molecule has 1 unspecified atom stereocenters. The molecule has 2 N–H and O–H groups in total. The van der Waals surface area contributed by atoms with Gasteiger partial charge >= 0.3 is 5.97 Å². The summed E-state index contributed by atoms with van der Waals surface area (Å²) in [6.45, 7) is 3.40. The van der Waals surface area contributed by atoms with Crippen LogP contribution in [0.15, 0.2) is 42.5 Å². The molecular formula is C16H15ClFNO2. The topological polar surface area (TPSA) is 49.3 Å². The minimum atomic E-state index is -1.41. The van der Waals surface area contributed by atoms with Crippen molar-refractivity contribution >= 4 is 23.3 Å². The van der Waals surface area contributed by atoms with Crippen molar-refractivity contribution in [3.05, 3.63) is 64.4 Å². The van der Waals surface area contributed by atoms with Crippen molar-refractivity contribution in [1.82, 2.24) is 0 Å². The summed E-state index contributed by atoms with van der Waals surface area (Å²) in [5, 5.41) is 12.5. The van der Waals surface area contributed by atoms with Crippen molar-refractivity contribution in [3.8, 4) is 0 Å². The highest BCUT2D eigenvalue weighted by Gasteiger charge is 2.36. The average Bonchev–Trinajstić information content (AvgIpc) is 2.44. The van der Waals surface area contributed by atoms with Crippen LogP contribution >= 0.6 is 11.6 Å². The van der Waals surface area contributed by atoms with Gasteiger partial charge in [0.25, 0.3) is 0 Å². The van der Waals surface area contributed by atoms with Crippen LogP contribution in [0.25, 0.3) is 0 Å². The van der Waals surface area contributed by atoms with E-state index in [1.165, 1.54) is 25.1 Å². The Hall–Kier alpha value is -2.07. The quantitative estimate of drug-likeness (QED) is 0.890. The summed E-state index contributed by atoms with van der Waals surface area (Å²) in [7, 11) is 0. The molecule has 0 fully saturated rings. The van der Waals surface area contributed by atoms with Gasteiger partial charge in [-0.25, -0.2) is 9.18 Å². The van der Waals surface area contributed by atoms with E-state index in [0.29, 0.717) is 11.3 Å². The van der Waals surface area contributed by atoms with Crippen molar-refractivity contribution in [2.75, 3.05) is 5.32 Å². The van der Waals surface area contributed by atoms with E-state index in [0.717, 1.165) is 5.56 Å². The highest BCUT2D eigenvalue weighted by Crippen LogP contribution is 2.30. The fourth-order valence-corrected chi connectivity index (χ4v) is 2.22. The number of halogens is 2. The maximum absolute atomic E-state index is 13.3. The summed E-state index contributed by atoms with van der Waals surface area (Å²) in [5.41, 5.74) is 0.578. The first kappa shape index (κ1) is 15.3. The third kappa shape index (κ3) is 3.00. The van der Waals surface area contributed by atoms with Crippen LogP contribution in [0.1, 0.15) is 18.1 Å². The predicted octanol–water partition coefficient (Wildman–Crippen LogP) is 4.20. The number of carboxylic acids is 1. The van der Waals surface area contributed by atoms with Gasteiger partial charge in [0.15, 0.2) is 5.54 Å². The Bertz CT molecular complexity index is 690. The number of aryl methyl sites for hydroxylation is 1. The van der Waals surface area contributed by atoms with E-state index in [9.17, 15) is 14.3 Å². The lowest BCUT2D eigenvalue weighted by molar-refractivity contribution is -0.142. The lowest BCUT2D eigenvalue weighted by Crippen LogP contribution is -2.40. The Morgan fingerprint density at radius 2 is 1.95 bits per heavy atom. The van der Waals surface area contributed by atoms with Crippen LogP contribution in [0, 0.1) is 12.7 Å². The van der Waals surface area contributed by atoms with Crippen molar-refractivity contribution in [2.24, 2.45) is 0 Å². The number of nitrogens with one attached hydrogen (secondary N) is 1. The molecule has 0 radical (unpaired) electrons. The number of carboxylic acid groups (broad SMARTS) is 1. The smallest absolute Gasteiger partial charge is 0.333 e. The fourth-order valence-electron chi connectivity index (χ4n) is 2.04. The molecule has 5 heteroatoms. The van der Waals surface area contributed by atoms with E-state index in [1.807, 2.05) is 25.1 Å². The van der Waals surface area contributed by atoms with E-state index < -0.39 is 17.3 Å². The Morgan fingerprint density at radius 3 is 2.52 bits per heavy atom. The predicted molar refractivity (Wildman–Crippen MR) is 81.2 cm³/mol. The number of rotatable bonds is 4. The Labute approximate surface area is 127 Å². The molecule has 2 rings (SSSR count). The number of benzene rings is 2.